The zero-order valence-corrected chi connectivity index (χ0v) is 21.1. The van der Waals surface area contributed by atoms with Crippen molar-refractivity contribution >= 4 is 70.7 Å². The van der Waals surface area contributed by atoms with Crippen LogP contribution in [0.2, 0.25) is 0 Å². The Kier molecular flexibility index (Phi) is 8.23. The number of benzene rings is 3. The van der Waals surface area contributed by atoms with E-state index in [0.29, 0.717) is 12.1 Å². The van der Waals surface area contributed by atoms with Crippen LogP contribution in [0.3, 0.4) is 0 Å². The molecule has 0 saturated heterocycles. The zero-order valence-electron chi connectivity index (χ0n) is 21.1. The van der Waals surface area contributed by atoms with E-state index in [0.717, 1.165) is 18.2 Å². The summed E-state index contributed by atoms with van der Waals surface area (Å²) in [6, 6.07) is 3.61. The molecule has 0 aliphatic carbocycles. The molecular formula is C22H16B4F8N2O4. The molecule has 40 heavy (non-hydrogen) atoms. The number of nitrogens with two attached hydrogens (primary N) is 1. The molecule has 0 heterocycles. The Bertz CT molecular complexity index is 1530. The van der Waals surface area contributed by atoms with Gasteiger partial charge in [-0.1, -0.05) is 16.4 Å². The summed E-state index contributed by atoms with van der Waals surface area (Å²) in [5.74, 6) is -7.17. The molecule has 0 saturated carbocycles. The van der Waals surface area contributed by atoms with E-state index in [2.05, 4.69) is 10.1 Å². The molecule has 3 aromatic rings. The number of alkyl halides is 6. The average Bonchev–Trinajstić information content (AvgIpc) is 2.79. The molecular weight excluding hydrogens is 551 g/mol. The maximum atomic E-state index is 15.2. The van der Waals surface area contributed by atoms with Crippen LogP contribution in [-0.2, 0) is 6.18 Å². The Hall–Kier alpha value is -4.10. The van der Waals surface area contributed by atoms with Gasteiger partial charge in [-0.05, 0) is 35.8 Å². The highest BCUT2D eigenvalue weighted by atomic mass is 19.4. The summed E-state index contributed by atoms with van der Waals surface area (Å²) in [5, 5.41) is 2.12. The van der Waals surface area contributed by atoms with Crippen LogP contribution in [0.1, 0.15) is 26.3 Å². The molecule has 0 fully saturated rings. The molecule has 3 aromatic carbocycles. The second-order valence-corrected chi connectivity index (χ2v) is 8.68. The van der Waals surface area contributed by atoms with Gasteiger partial charge in [0.2, 0.25) is 0 Å². The summed E-state index contributed by atoms with van der Waals surface area (Å²) in [7, 11) is 5.19. The van der Waals surface area contributed by atoms with Crippen molar-refractivity contribution in [2.75, 3.05) is 5.32 Å². The van der Waals surface area contributed by atoms with Crippen molar-refractivity contribution in [3.63, 3.8) is 0 Å². The van der Waals surface area contributed by atoms with Gasteiger partial charge in [0.05, 0.1) is 11.1 Å². The lowest BCUT2D eigenvalue weighted by molar-refractivity contribution is -0.274. The van der Waals surface area contributed by atoms with E-state index in [9.17, 15) is 40.3 Å². The maximum absolute atomic E-state index is 15.2. The summed E-state index contributed by atoms with van der Waals surface area (Å²) in [5.41, 5.74) is 1.22. The number of halogens is 8. The highest BCUT2D eigenvalue weighted by Crippen LogP contribution is 2.37. The van der Waals surface area contributed by atoms with Crippen molar-refractivity contribution < 1.29 is 54.2 Å². The normalized spacial score (nSPS) is 11.7. The Labute approximate surface area is 224 Å². The van der Waals surface area contributed by atoms with Gasteiger partial charge in [0.15, 0.2) is 5.82 Å². The Morgan fingerprint density at radius 3 is 2.02 bits per heavy atom. The minimum atomic E-state index is -5.22. The maximum Gasteiger partial charge on any atom is 0.573 e. The molecule has 0 radical (unpaired) electrons. The van der Waals surface area contributed by atoms with Gasteiger partial charge in [0.1, 0.15) is 60.0 Å². The number of hydrogen-bond donors (Lipinski definition) is 2. The standard InChI is InChI=1S/C22H16B4F8N2O4/c23-8-4-10(27)6(19(35)37)3-11(8)36-20(38)14-12(2-1-7(17(14)28)21(29,30)31)39-18-9(24)5-13(15(25)16(18)26)40-22(32,33)34/h1-5H,23-26H2,(H2,35,37)(H,36,38). The van der Waals surface area contributed by atoms with E-state index in [1.165, 1.54) is 31.4 Å². The summed E-state index contributed by atoms with van der Waals surface area (Å²) in [6.45, 7) is 0. The fraction of sp³-hybridized carbons (Fsp3) is 0.0909. The first-order valence-electron chi connectivity index (χ1n) is 11.2. The highest BCUT2D eigenvalue weighted by Gasteiger charge is 2.38. The molecule has 0 spiro atoms. The molecule has 0 bridgehead atoms. The lowest BCUT2D eigenvalue weighted by atomic mass is 9.75. The fourth-order valence-electron chi connectivity index (χ4n) is 3.77. The van der Waals surface area contributed by atoms with Crippen molar-refractivity contribution in [1.82, 2.24) is 0 Å². The molecule has 2 amide bonds. The smallest absolute Gasteiger partial charge is 0.458 e. The van der Waals surface area contributed by atoms with Crippen LogP contribution in [-0.4, -0.2) is 49.6 Å². The SMILES string of the molecule is Bc1cc(F)c(C(N)=O)cc1NC(=O)c1c(Oc2c(B)cc(OC(F)(F)F)c(B)c2B)ccc(C(F)(F)F)c1F. The molecule has 6 nitrogen and oxygen atoms in total. The third-order valence-corrected chi connectivity index (χ3v) is 5.88. The number of carbonyl (C=O) groups excluding carboxylic acids is 2. The third kappa shape index (κ3) is 6.37. The zero-order chi connectivity index (χ0) is 30.3. The molecule has 0 unspecified atom stereocenters. The molecule has 3 rings (SSSR count). The second kappa shape index (κ2) is 10.8. The van der Waals surface area contributed by atoms with Crippen LogP contribution < -0.4 is 42.4 Å². The van der Waals surface area contributed by atoms with Crippen molar-refractivity contribution in [3.8, 4) is 17.2 Å². The minimum Gasteiger partial charge on any atom is -0.458 e. The lowest BCUT2D eigenvalue weighted by Gasteiger charge is -2.21. The quantitative estimate of drug-likeness (QED) is 0.297. The van der Waals surface area contributed by atoms with Crippen LogP contribution in [0.4, 0.5) is 40.8 Å². The molecule has 18 heteroatoms. The van der Waals surface area contributed by atoms with E-state index < -0.39 is 64.2 Å². The first-order chi connectivity index (χ1) is 18.3. The number of amides is 2. The largest absolute Gasteiger partial charge is 0.573 e. The number of rotatable bonds is 6. The number of ether oxygens (including phenoxy) is 2. The number of nitrogens with one attached hydrogen (secondary N) is 1. The van der Waals surface area contributed by atoms with Gasteiger partial charge >= 0.3 is 12.5 Å². The van der Waals surface area contributed by atoms with Crippen molar-refractivity contribution in [3.05, 3.63) is 58.7 Å². The van der Waals surface area contributed by atoms with Crippen molar-refractivity contribution in [2.24, 2.45) is 5.73 Å². The molecule has 0 aliphatic rings. The molecule has 0 aromatic heterocycles. The summed E-state index contributed by atoms with van der Waals surface area (Å²) < 4.78 is 118. The van der Waals surface area contributed by atoms with Crippen LogP contribution in [0, 0.1) is 11.6 Å². The van der Waals surface area contributed by atoms with Gasteiger partial charge in [-0.2, -0.15) is 13.2 Å². The number of hydrogen-bond acceptors (Lipinski definition) is 4. The Morgan fingerprint density at radius 1 is 0.850 bits per heavy atom. The third-order valence-electron chi connectivity index (χ3n) is 5.88. The number of primary amides is 1. The summed E-state index contributed by atoms with van der Waals surface area (Å²) in [6.07, 6.45) is -10.2. The summed E-state index contributed by atoms with van der Waals surface area (Å²) >= 11 is 0. The minimum absolute atomic E-state index is 0.0215. The van der Waals surface area contributed by atoms with E-state index in [1.807, 2.05) is 0 Å². The Morgan fingerprint density at radius 2 is 1.48 bits per heavy atom. The van der Waals surface area contributed by atoms with E-state index in [-0.39, 0.29) is 33.3 Å². The van der Waals surface area contributed by atoms with Crippen LogP contribution in [0.15, 0.2) is 30.3 Å². The topological polar surface area (TPSA) is 90.7 Å². The van der Waals surface area contributed by atoms with Gasteiger partial charge in [-0.15, -0.1) is 13.2 Å². The van der Waals surface area contributed by atoms with Gasteiger partial charge in [-0.3, -0.25) is 9.59 Å². The van der Waals surface area contributed by atoms with Gasteiger partial charge < -0.3 is 20.5 Å². The van der Waals surface area contributed by atoms with Crippen molar-refractivity contribution in [1.29, 1.82) is 0 Å². The highest BCUT2D eigenvalue weighted by molar-refractivity contribution is 6.53. The van der Waals surface area contributed by atoms with Gasteiger partial charge in [0.25, 0.3) is 11.8 Å². The molecule has 3 N–H and O–H groups in total. The summed E-state index contributed by atoms with van der Waals surface area (Å²) in [4.78, 5) is 24.6. The first kappa shape index (κ1) is 30.4. The van der Waals surface area contributed by atoms with E-state index in [1.54, 1.807) is 0 Å². The van der Waals surface area contributed by atoms with Crippen LogP contribution in [0.25, 0.3) is 0 Å². The molecule has 0 aliphatic heterocycles. The molecule has 206 valence electrons. The van der Waals surface area contributed by atoms with Gasteiger partial charge in [-0.25, -0.2) is 8.78 Å². The average molecular weight is 568 g/mol. The monoisotopic (exact) mass is 568 g/mol. The predicted octanol–water partition coefficient (Wildman–Crippen LogP) is -0.941. The Balaban J connectivity index is 2.15. The first-order valence-corrected chi connectivity index (χ1v) is 11.2. The number of carbonyl (C=O) groups is 2. The van der Waals surface area contributed by atoms with Crippen LogP contribution in [0.5, 0.6) is 17.2 Å². The predicted molar refractivity (Wildman–Crippen MR) is 140 cm³/mol. The van der Waals surface area contributed by atoms with Crippen molar-refractivity contribution in [2.45, 2.75) is 12.5 Å². The fourth-order valence-corrected chi connectivity index (χ4v) is 3.77. The van der Waals surface area contributed by atoms with Crippen LogP contribution >= 0.6 is 0 Å². The van der Waals surface area contributed by atoms with E-state index >= 15 is 4.39 Å². The van der Waals surface area contributed by atoms with E-state index in [4.69, 9.17) is 10.5 Å². The number of anilines is 1. The lowest BCUT2D eigenvalue weighted by Crippen LogP contribution is -2.36. The second-order valence-electron chi connectivity index (χ2n) is 8.68. The molecule has 0 atom stereocenters. The van der Waals surface area contributed by atoms with Gasteiger partial charge in [0, 0.05) is 5.69 Å².